The second-order valence-corrected chi connectivity index (χ2v) is 4.39. The molecule has 0 amide bonds. The maximum atomic E-state index is 5.73. The van der Waals surface area contributed by atoms with Crippen molar-refractivity contribution in [2.24, 2.45) is 0 Å². The molecular formula is C13H17N3. The van der Waals surface area contributed by atoms with Crippen LogP contribution in [0.25, 0.3) is 5.69 Å². The van der Waals surface area contributed by atoms with Crippen molar-refractivity contribution in [3.05, 3.63) is 41.7 Å². The molecule has 3 nitrogen and oxygen atoms in total. The minimum atomic E-state index is 0.454. The Hall–Kier alpha value is -1.77. The predicted molar refractivity (Wildman–Crippen MR) is 66.8 cm³/mol. The Bertz CT molecular complexity index is 498. The van der Waals surface area contributed by atoms with Gasteiger partial charge in [0.25, 0.3) is 0 Å². The third kappa shape index (κ3) is 1.94. The fourth-order valence-corrected chi connectivity index (χ4v) is 1.72. The molecule has 0 radical (unpaired) electrons. The van der Waals surface area contributed by atoms with Crippen molar-refractivity contribution in [3.8, 4) is 5.69 Å². The van der Waals surface area contributed by atoms with Crippen molar-refractivity contribution in [3.63, 3.8) is 0 Å². The molecule has 1 heterocycles. The third-order valence-corrected chi connectivity index (χ3v) is 2.67. The van der Waals surface area contributed by atoms with E-state index < -0.39 is 0 Å². The van der Waals surface area contributed by atoms with E-state index in [2.05, 4.69) is 25.0 Å². The summed E-state index contributed by atoms with van der Waals surface area (Å²) in [6.45, 7) is 6.33. The highest BCUT2D eigenvalue weighted by atomic mass is 15.3. The predicted octanol–water partition coefficient (Wildman–Crippen LogP) is 2.89. The van der Waals surface area contributed by atoms with Crippen LogP contribution in [-0.2, 0) is 0 Å². The van der Waals surface area contributed by atoms with Gasteiger partial charge in [-0.1, -0.05) is 13.8 Å². The molecule has 16 heavy (non-hydrogen) atoms. The van der Waals surface area contributed by atoms with Crippen LogP contribution in [0.3, 0.4) is 0 Å². The Morgan fingerprint density at radius 2 is 2.00 bits per heavy atom. The number of hydrogen-bond donors (Lipinski definition) is 1. The van der Waals surface area contributed by atoms with Crippen LogP contribution in [-0.4, -0.2) is 9.78 Å². The minimum Gasteiger partial charge on any atom is -0.399 e. The molecule has 0 atom stereocenters. The second kappa shape index (κ2) is 4.00. The van der Waals surface area contributed by atoms with Gasteiger partial charge in [0.15, 0.2) is 0 Å². The molecule has 0 unspecified atom stereocenters. The molecule has 0 aliphatic rings. The van der Waals surface area contributed by atoms with Crippen molar-refractivity contribution >= 4 is 5.69 Å². The van der Waals surface area contributed by atoms with Gasteiger partial charge >= 0.3 is 0 Å². The fourth-order valence-electron chi connectivity index (χ4n) is 1.72. The van der Waals surface area contributed by atoms with Gasteiger partial charge < -0.3 is 5.73 Å². The lowest BCUT2D eigenvalue weighted by Crippen LogP contribution is -2.00. The molecule has 0 bridgehead atoms. The molecule has 2 N–H and O–H groups in total. The van der Waals surface area contributed by atoms with E-state index in [4.69, 9.17) is 5.73 Å². The zero-order valence-corrected chi connectivity index (χ0v) is 9.94. The Balaban J connectivity index is 2.42. The lowest BCUT2D eigenvalue weighted by Gasteiger charge is -2.06. The van der Waals surface area contributed by atoms with E-state index in [0.29, 0.717) is 5.92 Å². The van der Waals surface area contributed by atoms with Crippen LogP contribution in [0.2, 0.25) is 0 Å². The first-order valence-corrected chi connectivity index (χ1v) is 5.50. The highest BCUT2D eigenvalue weighted by molar-refractivity contribution is 5.50. The van der Waals surface area contributed by atoms with Crippen molar-refractivity contribution in [1.82, 2.24) is 9.78 Å². The van der Waals surface area contributed by atoms with Crippen LogP contribution in [0.15, 0.2) is 30.5 Å². The van der Waals surface area contributed by atoms with Crippen molar-refractivity contribution in [2.45, 2.75) is 26.7 Å². The average Bonchev–Trinajstić information content (AvgIpc) is 2.66. The lowest BCUT2D eigenvalue weighted by atomic mass is 10.1. The quantitative estimate of drug-likeness (QED) is 0.783. The zero-order valence-electron chi connectivity index (χ0n) is 9.94. The summed E-state index contributed by atoms with van der Waals surface area (Å²) in [7, 11) is 0. The van der Waals surface area contributed by atoms with Gasteiger partial charge in [-0.2, -0.15) is 5.10 Å². The number of nitrogens with zero attached hydrogens (tertiary/aromatic N) is 2. The fraction of sp³-hybridized carbons (Fsp3) is 0.308. The van der Waals surface area contributed by atoms with Crippen molar-refractivity contribution in [1.29, 1.82) is 0 Å². The summed E-state index contributed by atoms with van der Waals surface area (Å²) < 4.78 is 1.91. The molecule has 2 aromatic rings. The first-order valence-electron chi connectivity index (χ1n) is 5.50. The topological polar surface area (TPSA) is 43.8 Å². The van der Waals surface area contributed by atoms with Gasteiger partial charge in [-0.3, -0.25) is 0 Å². The monoisotopic (exact) mass is 215 g/mol. The van der Waals surface area contributed by atoms with Gasteiger partial charge in [0, 0.05) is 11.9 Å². The average molecular weight is 215 g/mol. The number of aryl methyl sites for hydroxylation is 1. The zero-order chi connectivity index (χ0) is 11.7. The van der Waals surface area contributed by atoms with Gasteiger partial charge in [-0.05, 0) is 42.7 Å². The Morgan fingerprint density at radius 3 is 2.56 bits per heavy atom. The molecule has 2 rings (SSSR count). The largest absolute Gasteiger partial charge is 0.399 e. The lowest BCUT2D eigenvalue weighted by molar-refractivity contribution is 0.766. The molecule has 84 valence electrons. The van der Waals surface area contributed by atoms with E-state index in [1.165, 1.54) is 0 Å². The number of hydrogen-bond acceptors (Lipinski definition) is 2. The van der Waals surface area contributed by atoms with E-state index in [-0.39, 0.29) is 0 Å². The molecular weight excluding hydrogens is 198 g/mol. The van der Waals surface area contributed by atoms with E-state index in [1.807, 2.05) is 36.0 Å². The van der Waals surface area contributed by atoms with Crippen molar-refractivity contribution in [2.75, 3.05) is 5.73 Å². The first-order chi connectivity index (χ1) is 7.58. The molecule has 1 aromatic heterocycles. The Labute approximate surface area is 95.9 Å². The van der Waals surface area contributed by atoms with Crippen LogP contribution in [0.1, 0.15) is 31.0 Å². The van der Waals surface area contributed by atoms with E-state index in [0.717, 1.165) is 22.6 Å². The number of benzene rings is 1. The molecule has 0 saturated heterocycles. The Morgan fingerprint density at radius 1 is 1.25 bits per heavy atom. The molecule has 0 saturated carbocycles. The third-order valence-electron chi connectivity index (χ3n) is 2.67. The summed E-state index contributed by atoms with van der Waals surface area (Å²) in [6.07, 6.45) is 1.99. The number of aromatic nitrogens is 2. The maximum Gasteiger partial charge on any atom is 0.0676 e. The SMILES string of the molecule is Cc1cc(N)ccc1-n1ccc(C(C)C)n1. The summed E-state index contributed by atoms with van der Waals surface area (Å²) in [5, 5.41) is 4.55. The van der Waals surface area contributed by atoms with E-state index in [9.17, 15) is 0 Å². The molecule has 0 spiro atoms. The van der Waals surface area contributed by atoms with Gasteiger partial charge in [-0.25, -0.2) is 4.68 Å². The normalized spacial score (nSPS) is 11.0. The summed E-state index contributed by atoms with van der Waals surface area (Å²) in [5.41, 5.74) is 9.85. The number of nitrogen functional groups attached to an aromatic ring is 1. The number of rotatable bonds is 2. The highest BCUT2D eigenvalue weighted by Gasteiger charge is 2.06. The summed E-state index contributed by atoms with van der Waals surface area (Å²) in [5.74, 6) is 0.454. The minimum absolute atomic E-state index is 0.454. The van der Waals surface area contributed by atoms with E-state index in [1.54, 1.807) is 0 Å². The smallest absolute Gasteiger partial charge is 0.0676 e. The molecule has 0 aliphatic heterocycles. The molecule has 0 aliphatic carbocycles. The number of anilines is 1. The highest BCUT2D eigenvalue weighted by Crippen LogP contribution is 2.18. The van der Waals surface area contributed by atoms with Crippen LogP contribution in [0.4, 0.5) is 5.69 Å². The molecule has 0 fully saturated rings. The standard InChI is InChI=1S/C13H17N3/c1-9(2)12-6-7-16(15-12)13-5-4-11(14)8-10(13)3/h4-9H,14H2,1-3H3. The Kier molecular flexibility index (Phi) is 2.69. The summed E-state index contributed by atoms with van der Waals surface area (Å²) in [4.78, 5) is 0. The number of nitrogens with two attached hydrogens (primary N) is 1. The van der Waals surface area contributed by atoms with Gasteiger partial charge in [0.2, 0.25) is 0 Å². The van der Waals surface area contributed by atoms with Gasteiger partial charge in [0.05, 0.1) is 11.4 Å². The van der Waals surface area contributed by atoms with Gasteiger partial charge in [-0.15, -0.1) is 0 Å². The summed E-state index contributed by atoms with van der Waals surface area (Å²) in [6, 6.07) is 7.92. The van der Waals surface area contributed by atoms with Crippen LogP contribution in [0, 0.1) is 6.92 Å². The maximum absolute atomic E-state index is 5.73. The van der Waals surface area contributed by atoms with Crippen molar-refractivity contribution < 1.29 is 0 Å². The van der Waals surface area contributed by atoms with Gasteiger partial charge in [0.1, 0.15) is 0 Å². The van der Waals surface area contributed by atoms with Crippen LogP contribution >= 0.6 is 0 Å². The second-order valence-electron chi connectivity index (χ2n) is 4.39. The van der Waals surface area contributed by atoms with Crippen LogP contribution in [0.5, 0.6) is 0 Å². The molecule has 3 heteroatoms. The van der Waals surface area contributed by atoms with E-state index >= 15 is 0 Å². The molecule has 1 aromatic carbocycles. The first kappa shape index (κ1) is 10.7. The van der Waals surface area contributed by atoms with Crippen LogP contribution < -0.4 is 5.73 Å². The summed E-state index contributed by atoms with van der Waals surface area (Å²) >= 11 is 0.